The summed E-state index contributed by atoms with van der Waals surface area (Å²) in [6.45, 7) is 6.10. The van der Waals surface area contributed by atoms with Crippen LogP contribution in [-0.2, 0) is 11.3 Å². The summed E-state index contributed by atoms with van der Waals surface area (Å²) in [6, 6.07) is 18.6. The number of fused-ring (bicyclic) bond motifs is 1. The summed E-state index contributed by atoms with van der Waals surface area (Å²) >= 11 is 0. The first-order chi connectivity index (χ1) is 17.3. The highest BCUT2D eigenvalue weighted by Gasteiger charge is 2.26. The van der Waals surface area contributed by atoms with Gasteiger partial charge in [-0.05, 0) is 54.8 Å². The third kappa shape index (κ3) is 5.83. The Bertz CT molecular complexity index is 1270. The van der Waals surface area contributed by atoms with Gasteiger partial charge in [0, 0.05) is 12.1 Å². The average molecular weight is 488 g/mol. The van der Waals surface area contributed by atoms with E-state index in [-0.39, 0.29) is 31.1 Å². The summed E-state index contributed by atoms with van der Waals surface area (Å²) in [5, 5.41) is 8.51. The van der Waals surface area contributed by atoms with Crippen LogP contribution >= 0.6 is 0 Å². The van der Waals surface area contributed by atoms with Crippen LogP contribution in [0, 0.1) is 12.8 Å². The molecule has 0 fully saturated rings. The predicted octanol–water partition coefficient (Wildman–Crippen LogP) is 4.05. The van der Waals surface area contributed by atoms with Crippen molar-refractivity contribution in [1.82, 2.24) is 10.6 Å². The molecule has 3 aromatic rings. The molecule has 1 heterocycles. The fourth-order valence-corrected chi connectivity index (χ4v) is 3.79. The zero-order chi connectivity index (χ0) is 25.7. The van der Waals surface area contributed by atoms with Gasteiger partial charge in [0.2, 0.25) is 12.7 Å². The number of carbonyl (C=O) groups excluding carboxylic acids is 3. The SMILES string of the molecule is Cc1ccc(C(=O)NC(C(=O)Nc2ccccc2C(=O)NCc2ccc3c(c2)OCO3)C(C)C)cc1. The molecule has 3 aromatic carbocycles. The second-order valence-corrected chi connectivity index (χ2v) is 8.97. The Morgan fingerprint density at radius 2 is 1.61 bits per heavy atom. The van der Waals surface area contributed by atoms with Gasteiger partial charge >= 0.3 is 0 Å². The fraction of sp³-hybridized carbons (Fsp3) is 0.250. The molecule has 36 heavy (non-hydrogen) atoms. The third-order valence-corrected chi connectivity index (χ3v) is 5.87. The second-order valence-electron chi connectivity index (χ2n) is 8.97. The van der Waals surface area contributed by atoms with Crippen LogP contribution in [0.5, 0.6) is 11.5 Å². The number of rotatable bonds is 8. The predicted molar refractivity (Wildman–Crippen MR) is 136 cm³/mol. The minimum atomic E-state index is -0.788. The minimum Gasteiger partial charge on any atom is -0.454 e. The van der Waals surface area contributed by atoms with Gasteiger partial charge in [-0.2, -0.15) is 0 Å². The molecule has 1 unspecified atom stereocenters. The van der Waals surface area contributed by atoms with Crippen LogP contribution in [0.4, 0.5) is 5.69 Å². The van der Waals surface area contributed by atoms with Gasteiger partial charge in [-0.1, -0.05) is 49.7 Å². The van der Waals surface area contributed by atoms with Crippen LogP contribution in [0.1, 0.15) is 45.7 Å². The smallest absolute Gasteiger partial charge is 0.253 e. The molecule has 186 valence electrons. The summed E-state index contributed by atoms with van der Waals surface area (Å²) in [5.41, 5.74) is 3.05. The van der Waals surface area contributed by atoms with E-state index in [0.717, 1.165) is 11.1 Å². The molecule has 3 N–H and O–H groups in total. The lowest BCUT2D eigenvalue weighted by atomic mass is 10.0. The van der Waals surface area contributed by atoms with Crippen LogP contribution in [-0.4, -0.2) is 30.6 Å². The highest BCUT2D eigenvalue weighted by atomic mass is 16.7. The quantitative estimate of drug-likeness (QED) is 0.445. The normalized spacial score (nSPS) is 12.7. The van der Waals surface area contributed by atoms with E-state index < -0.39 is 11.9 Å². The monoisotopic (exact) mass is 487 g/mol. The summed E-state index contributed by atoms with van der Waals surface area (Å²) in [5.74, 6) is 0.0639. The Labute approximate surface area is 210 Å². The highest BCUT2D eigenvalue weighted by molar-refractivity contribution is 6.06. The maximum Gasteiger partial charge on any atom is 0.253 e. The van der Waals surface area contributed by atoms with Gasteiger partial charge in [-0.15, -0.1) is 0 Å². The zero-order valence-electron chi connectivity index (χ0n) is 20.5. The van der Waals surface area contributed by atoms with Gasteiger partial charge in [0.05, 0.1) is 11.3 Å². The van der Waals surface area contributed by atoms with E-state index in [1.54, 1.807) is 42.5 Å². The molecule has 0 saturated carbocycles. The van der Waals surface area contributed by atoms with Crippen LogP contribution in [0.25, 0.3) is 0 Å². The van der Waals surface area contributed by atoms with Gasteiger partial charge in [0.15, 0.2) is 11.5 Å². The summed E-state index contributed by atoms with van der Waals surface area (Å²) < 4.78 is 10.7. The van der Waals surface area contributed by atoms with E-state index in [4.69, 9.17) is 9.47 Å². The van der Waals surface area contributed by atoms with E-state index in [1.165, 1.54) is 0 Å². The van der Waals surface area contributed by atoms with Crippen molar-refractivity contribution in [1.29, 1.82) is 0 Å². The van der Waals surface area contributed by atoms with Crippen LogP contribution in [0.2, 0.25) is 0 Å². The van der Waals surface area contributed by atoms with E-state index >= 15 is 0 Å². The Morgan fingerprint density at radius 3 is 2.36 bits per heavy atom. The third-order valence-electron chi connectivity index (χ3n) is 5.87. The number of para-hydroxylation sites is 1. The van der Waals surface area contributed by atoms with Crippen molar-refractivity contribution in [2.45, 2.75) is 33.4 Å². The molecule has 1 aliphatic rings. The number of carbonyl (C=O) groups is 3. The first-order valence-electron chi connectivity index (χ1n) is 11.8. The number of amides is 3. The van der Waals surface area contributed by atoms with E-state index in [1.807, 2.05) is 45.0 Å². The van der Waals surface area contributed by atoms with Crippen LogP contribution < -0.4 is 25.4 Å². The van der Waals surface area contributed by atoms with Gasteiger partial charge in [0.1, 0.15) is 6.04 Å². The lowest BCUT2D eigenvalue weighted by Gasteiger charge is -2.22. The molecule has 0 spiro atoms. The Kier molecular flexibility index (Phi) is 7.53. The molecule has 0 aromatic heterocycles. The molecule has 8 nitrogen and oxygen atoms in total. The molecule has 0 radical (unpaired) electrons. The van der Waals surface area contributed by atoms with E-state index in [9.17, 15) is 14.4 Å². The number of hydrogen-bond donors (Lipinski definition) is 3. The van der Waals surface area contributed by atoms with Crippen molar-refractivity contribution >= 4 is 23.4 Å². The number of ether oxygens (including phenoxy) is 2. The second kappa shape index (κ2) is 10.9. The molecule has 1 aliphatic heterocycles. The lowest BCUT2D eigenvalue weighted by Crippen LogP contribution is -2.47. The summed E-state index contributed by atoms with van der Waals surface area (Å²) in [4.78, 5) is 38.8. The van der Waals surface area contributed by atoms with Crippen LogP contribution in [0.3, 0.4) is 0 Å². The van der Waals surface area contributed by atoms with Gasteiger partial charge in [-0.3, -0.25) is 14.4 Å². The molecule has 0 saturated heterocycles. The number of benzene rings is 3. The molecule has 8 heteroatoms. The summed E-state index contributed by atoms with van der Waals surface area (Å²) in [6.07, 6.45) is 0. The Morgan fingerprint density at radius 1 is 0.889 bits per heavy atom. The average Bonchev–Trinajstić information content (AvgIpc) is 3.34. The highest BCUT2D eigenvalue weighted by Crippen LogP contribution is 2.32. The largest absolute Gasteiger partial charge is 0.454 e. The van der Waals surface area contributed by atoms with Gasteiger partial charge in [0.25, 0.3) is 11.8 Å². The standard InChI is InChI=1S/C28H29N3O5/c1-17(2)25(31-26(32)20-11-8-18(3)9-12-20)28(34)30-22-7-5-4-6-21(22)27(33)29-15-19-10-13-23-24(14-19)36-16-35-23/h4-14,17,25H,15-16H2,1-3H3,(H,29,33)(H,30,34)(H,31,32). The van der Waals surface area contributed by atoms with Gasteiger partial charge < -0.3 is 25.4 Å². The van der Waals surface area contributed by atoms with Crippen molar-refractivity contribution < 1.29 is 23.9 Å². The fourth-order valence-electron chi connectivity index (χ4n) is 3.79. The summed E-state index contributed by atoms with van der Waals surface area (Å²) in [7, 11) is 0. The minimum absolute atomic E-state index is 0.175. The number of aryl methyl sites for hydroxylation is 1. The number of anilines is 1. The molecular formula is C28H29N3O5. The van der Waals surface area contributed by atoms with Gasteiger partial charge in [-0.25, -0.2) is 0 Å². The van der Waals surface area contributed by atoms with Crippen molar-refractivity contribution in [3.63, 3.8) is 0 Å². The van der Waals surface area contributed by atoms with Crippen molar-refractivity contribution in [3.8, 4) is 11.5 Å². The topological polar surface area (TPSA) is 106 Å². The maximum absolute atomic E-state index is 13.2. The molecule has 0 aliphatic carbocycles. The molecule has 3 amide bonds. The van der Waals surface area contributed by atoms with Crippen molar-refractivity contribution in [2.24, 2.45) is 5.92 Å². The van der Waals surface area contributed by atoms with E-state index in [0.29, 0.717) is 28.3 Å². The molecule has 4 rings (SSSR count). The molecule has 0 bridgehead atoms. The molecule has 1 atom stereocenters. The molecular weight excluding hydrogens is 458 g/mol. The van der Waals surface area contributed by atoms with Crippen molar-refractivity contribution in [3.05, 3.63) is 89.0 Å². The van der Waals surface area contributed by atoms with E-state index in [2.05, 4.69) is 16.0 Å². The zero-order valence-corrected chi connectivity index (χ0v) is 20.5. The first kappa shape index (κ1) is 24.8. The first-order valence-corrected chi connectivity index (χ1v) is 11.8. The Hall–Kier alpha value is -4.33. The van der Waals surface area contributed by atoms with Crippen LogP contribution in [0.15, 0.2) is 66.7 Å². The maximum atomic E-state index is 13.2. The Balaban J connectivity index is 1.42. The number of nitrogens with one attached hydrogen (secondary N) is 3. The lowest BCUT2D eigenvalue weighted by molar-refractivity contribution is -0.118. The van der Waals surface area contributed by atoms with Crippen molar-refractivity contribution in [2.75, 3.05) is 12.1 Å². The number of hydrogen-bond acceptors (Lipinski definition) is 5.